The van der Waals surface area contributed by atoms with E-state index in [9.17, 15) is 4.91 Å². The van der Waals surface area contributed by atoms with Crippen LogP contribution in [-0.2, 0) is 6.54 Å². The molecule has 1 rings (SSSR count). The molecule has 0 radical (unpaired) electrons. The lowest BCUT2D eigenvalue weighted by molar-refractivity contribution is 0.586. The number of unbranched alkanes of at least 4 members (excludes halogenated alkanes) is 7. The van der Waals surface area contributed by atoms with E-state index in [2.05, 4.69) is 24.2 Å². The van der Waals surface area contributed by atoms with Crippen molar-refractivity contribution < 1.29 is 0 Å². The average Bonchev–Trinajstić information content (AvgIpc) is 2.51. The molecule has 2 nitrogen and oxygen atoms in total. The van der Waals surface area contributed by atoms with Gasteiger partial charge in [-0.05, 0) is 24.1 Å². The van der Waals surface area contributed by atoms with Gasteiger partial charge in [-0.1, -0.05) is 90.8 Å². The maximum atomic E-state index is 10.2. The van der Waals surface area contributed by atoms with E-state index in [0.29, 0.717) is 0 Å². The van der Waals surface area contributed by atoms with Crippen molar-refractivity contribution >= 4 is 21.6 Å². The van der Waals surface area contributed by atoms with Crippen LogP contribution < -0.4 is 0 Å². The van der Waals surface area contributed by atoms with Crippen molar-refractivity contribution in [3.63, 3.8) is 0 Å². The molecule has 0 saturated heterocycles. The summed E-state index contributed by atoms with van der Waals surface area (Å²) in [6.45, 7) is 2.54. The van der Waals surface area contributed by atoms with Crippen molar-refractivity contribution in [2.45, 2.75) is 69.7 Å². The second-order valence-electron chi connectivity index (χ2n) is 5.31. The van der Waals surface area contributed by atoms with Gasteiger partial charge in [0.25, 0.3) is 0 Å². The van der Waals surface area contributed by atoms with Crippen LogP contribution in [0.4, 0.5) is 0 Å². The van der Waals surface area contributed by atoms with Crippen LogP contribution in [0.2, 0.25) is 0 Å². The SMILES string of the molecule is CCCCCCCCCCSSc1ccc(CN=O)cc1. The van der Waals surface area contributed by atoms with Crippen LogP contribution in [0, 0.1) is 4.91 Å². The highest BCUT2D eigenvalue weighted by Gasteiger charge is 1.97. The average molecular weight is 326 g/mol. The molecular weight excluding hydrogens is 298 g/mol. The number of hydrogen-bond acceptors (Lipinski definition) is 4. The van der Waals surface area contributed by atoms with E-state index < -0.39 is 0 Å². The second-order valence-corrected chi connectivity index (χ2v) is 7.80. The molecule has 4 heteroatoms. The fourth-order valence-corrected chi connectivity index (χ4v) is 4.26. The molecule has 1 aromatic rings. The lowest BCUT2D eigenvalue weighted by Crippen LogP contribution is -1.82. The third kappa shape index (κ3) is 9.97. The summed E-state index contributed by atoms with van der Waals surface area (Å²) in [5, 5.41) is 2.90. The molecule has 0 aromatic heterocycles. The monoisotopic (exact) mass is 325 g/mol. The normalized spacial score (nSPS) is 10.7. The first-order valence-electron chi connectivity index (χ1n) is 8.04. The fraction of sp³-hybridized carbons (Fsp3) is 0.647. The van der Waals surface area contributed by atoms with Crippen LogP contribution in [-0.4, -0.2) is 5.75 Å². The zero-order valence-corrected chi connectivity index (χ0v) is 14.7. The van der Waals surface area contributed by atoms with Gasteiger partial charge < -0.3 is 0 Å². The van der Waals surface area contributed by atoms with Gasteiger partial charge in [-0.2, -0.15) is 4.91 Å². The van der Waals surface area contributed by atoms with E-state index >= 15 is 0 Å². The number of nitroso groups, excluding NO2 is 1. The molecule has 0 aliphatic rings. The minimum absolute atomic E-state index is 0.274. The molecule has 1 aromatic carbocycles. The molecule has 0 atom stereocenters. The Morgan fingerprint density at radius 1 is 0.905 bits per heavy atom. The lowest BCUT2D eigenvalue weighted by atomic mass is 10.1. The van der Waals surface area contributed by atoms with Gasteiger partial charge in [-0.25, -0.2) is 0 Å². The Hall–Kier alpha value is -0.480. The highest BCUT2D eigenvalue weighted by molar-refractivity contribution is 8.76. The molecule has 0 N–H and O–H groups in total. The molecule has 0 heterocycles. The number of rotatable bonds is 13. The Bertz CT molecular complexity index is 368. The van der Waals surface area contributed by atoms with Gasteiger partial charge in [-0.3, -0.25) is 0 Å². The maximum absolute atomic E-state index is 10.2. The highest BCUT2D eigenvalue weighted by Crippen LogP contribution is 2.31. The van der Waals surface area contributed by atoms with Gasteiger partial charge in [-0.15, -0.1) is 0 Å². The molecule has 118 valence electrons. The molecule has 0 amide bonds. The third-order valence-corrected chi connectivity index (χ3v) is 5.88. The van der Waals surface area contributed by atoms with Crippen molar-refractivity contribution in [1.82, 2.24) is 0 Å². The van der Waals surface area contributed by atoms with E-state index in [-0.39, 0.29) is 6.54 Å². The predicted molar refractivity (Wildman–Crippen MR) is 96.9 cm³/mol. The molecule has 0 bridgehead atoms. The van der Waals surface area contributed by atoms with Gasteiger partial charge in [0.2, 0.25) is 0 Å². The number of nitrogens with zero attached hydrogens (tertiary/aromatic N) is 1. The molecule has 0 aliphatic carbocycles. The van der Waals surface area contributed by atoms with Gasteiger partial charge in [0.05, 0.1) is 0 Å². The summed E-state index contributed by atoms with van der Waals surface area (Å²) in [4.78, 5) is 11.4. The Morgan fingerprint density at radius 2 is 1.52 bits per heavy atom. The van der Waals surface area contributed by atoms with Crippen molar-refractivity contribution in [3.8, 4) is 0 Å². The van der Waals surface area contributed by atoms with E-state index in [1.165, 1.54) is 62.0 Å². The zero-order chi connectivity index (χ0) is 15.2. The molecule has 0 saturated carbocycles. The summed E-state index contributed by atoms with van der Waals surface area (Å²) in [6.07, 6.45) is 11.0. The summed E-state index contributed by atoms with van der Waals surface area (Å²) in [5.74, 6) is 1.22. The smallest absolute Gasteiger partial charge is 0.106 e. The van der Waals surface area contributed by atoms with E-state index in [4.69, 9.17) is 0 Å². The molecule has 0 aliphatic heterocycles. The molecule has 0 unspecified atom stereocenters. The topological polar surface area (TPSA) is 29.4 Å². The summed E-state index contributed by atoms with van der Waals surface area (Å²) in [7, 11) is 3.76. The van der Waals surface area contributed by atoms with Crippen LogP contribution in [0.25, 0.3) is 0 Å². The molecular formula is C17H27NOS2. The van der Waals surface area contributed by atoms with Crippen LogP contribution in [0.15, 0.2) is 34.3 Å². The maximum Gasteiger partial charge on any atom is 0.106 e. The lowest BCUT2D eigenvalue weighted by Gasteiger charge is -2.03. The molecule has 0 spiro atoms. The second kappa shape index (κ2) is 13.2. The Morgan fingerprint density at radius 3 is 2.14 bits per heavy atom. The van der Waals surface area contributed by atoms with Crippen molar-refractivity contribution in [3.05, 3.63) is 34.7 Å². The highest BCUT2D eigenvalue weighted by atomic mass is 33.1. The van der Waals surface area contributed by atoms with E-state index in [1.807, 2.05) is 33.7 Å². The Kier molecular flexibility index (Phi) is 11.7. The number of hydrogen-bond donors (Lipinski definition) is 0. The summed E-state index contributed by atoms with van der Waals surface area (Å²) in [6, 6.07) is 8.12. The quantitative estimate of drug-likeness (QED) is 0.226. The van der Waals surface area contributed by atoms with Crippen molar-refractivity contribution in [1.29, 1.82) is 0 Å². The van der Waals surface area contributed by atoms with Crippen LogP contribution in [0.3, 0.4) is 0 Å². The van der Waals surface area contributed by atoms with Crippen LogP contribution >= 0.6 is 21.6 Å². The largest absolute Gasteiger partial charge is 0.150 e. The van der Waals surface area contributed by atoms with Gasteiger partial charge in [0.15, 0.2) is 0 Å². The van der Waals surface area contributed by atoms with Crippen molar-refractivity contribution in [2.24, 2.45) is 5.18 Å². The van der Waals surface area contributed by atoms with Gasteiger partial charge in [0, 0.05) is 10.6 Å². The minimum atomic E-state index is 0.274. The summed E-state index contributed by atoms with van der Waals surface area (Å²) >= 11 is 0. The predicted octanol–water partition coefficient (Wildman–Crippen LogP) is 6.83. The molecule has 0 fully saturated rings. The first-order chi connectivity index (χ1) is 10.4. The minimum Gasteiger partial charge on any atom is -0.150 e. The van der Waals surface area contributed by atoms with E-state index in [1.54, 1.807) is 0 Å². The third-order valence-electron chi connectivity index (χ3n) is 3.41. The molecule has 21 heavy (non-hydrogen) atoms. The standard InChI is InChI=1S/C17H27NOS2/c1-2-3-4-5-6-7-8-9-14-20-21-17-12-10-16(11-13-17)15-18-19/h10-13H,2-9,14-15H2,1H3. The Balaban J connectivity index is 1.95. The Labute approximate surface area is 137 Å². The van der Waals surface area contributed by atoms with Gasteiger partial charge >= 0.3 is 0 Å². The van der Waals surface area contributed by atoms with E-state index in [0.717, 1.165) is 5.56 Å². The number of benzene rings is 1. The first kappa shape index (κ1) is 18.6. The summed E-state index contributed by atoms with van der Waals surface area (Å²) < 4.78 is 0. The van der Waals surface area contributed by atoms with Crippen LogP contribution in [0.1, 0.15) is 63.9 Å². The van der Waals surface area contributed by atoms with Crippen molar-refractivity contribution in [2.75, 3.05) is 5.75 Å². The fourth-order valence-electron chi connectivity index (χ4n) is 2.13. The first-order valence-corrected chi connectivity index (χ1v) is 10.4. The van der Waals surface area contributed by atoms with Gasteiger partial charge in [0.1, 0.15) is 6.54 Å². The van der Waals surface area contributed by atoms with Crippen LogP contribution in [0.5, 0.6) is 0 Å². The zero-order valence-electron chi connectivity index (χ0n) is 13.1. The summed E-state index contributed by atoms with van der Waals surface area (Å²) in [5.41, 5.74) is 0.988.